The molecule has 0 saturated carbocycles. The Kier molecular flexibility index (Phi) is 9.03. The lowest BCUT2D eigenvalue weighted by molar-refractivity contribution is -0.140. The van der Waals surface area contributed by atoms with Gasteiger partial charge in [0.2, 0.25) is 5.91 Å². The number of hydrogen-bond donors (Lipinski definition) is 0. The fourth-order valence-corrected chi connectivity index (χ4v) is 2.65. The van der Waals surface area contributed by atoms with Gasteiger partial charge in [0.15, 0.2) is 0 Å². The lowest BCUT2D eigenvalue weighted by Crippen LogP contribution is -2.37. The molecule has 4 nitrogen and oxygen atoms in total. The maximum atomic E-state index is 12.6. The molecule has 128 valence electrons. The predicted octanol–water partition coefficient (Wildman–Crippen LogP) is 3.49. The number of benzene rings is 1. The number of carbonyl (C=O) groups is 2. The van der Waals surface area contributed by atoms with Crippen LogP contribution in [-0.4, -0.2) is 42.5 Å². The van der Waals surface area contributed by atoms with Crippen LogP contribution in [0.1, 0.15) is 24.8 Å². The van der Waals surface area contributed by atoms with Crippen molar-refractivity contribution in [2.45, 2.75) is 25.8 Å². The van der Waals surface area contributed by atoms with Crippen LogP contribution >= 0.6 is 23.2 Å². The predicted molar refractivity (Wildman–Crippen MR) is 93.3 cm³/mol. The summed E-state index contributed by atoms with van der Waals surface area (Å²) in [7, 11) is 3.30. The zero-order chi connectivity index (χ0) is 17.2. The van der Waals surface area contributed by atoms with Crippen molar-refractivity contribution in [1.82, 2.24) is 4.90 Å². The Morgan fingerprint density at radius 2 is 1.83 bits per heavy atom. The average molecular weight is 360 g/mol. The second-order valence-electron chi connectivity index (χ2n) is 5.33. The van der Waals surface area contributed by atoms with Gasteiger partial charge in [0.25, 0.3) is 0 Å². The Morgan fingerprint density at radius 1 is 1.17 bits per heavy atom. The van der Waals surface area contributed by atoms with Gasteiger partial charge in [-0.2, -0.15) is 0 Å². The number of carbonyl (C=O) groups excluding carboxylic acids is 2. The summed E-state index contributed by atoms with van der Waals surface area (Å²) in [5.74, 6) is 0.492. The molecule has 1 unspecified atom stereocenters. The molecule has 1 rings (SSSR count). The van der Waals surface area contributed by atoms with Crippen LogP contribution in [0.4, 0.5) is 0 Å². The molecule has 0 heterocycles. The molecule has 1 atom stereocenters. The van der Waals surface area contributed by atoms with Crippen LogP contribution in [0.15, 0.2) is 24.3 Å². The summed E-state index contributed by atoms with van der Waals surface area (Å²) >= 11 is 11.4. The van der Waals surface area contributed by atoms with E-state index in [4.69, 9.17) is 27.9 Å². The summed E-state index contributed by atoms with van der Waals surface area (Å²) in [4.78, 5) is 26.3. The number of ketones is 1. The van der Waals surface area contributed by atoms with Crippen LogP contribution in [0.3, 0.4) is 0 Å². The molecule has 0 aliphatic rings. The van der Waals surface area contributed by atoms with Crippen LogP contribution in [0, 0.1) is 5.92 Å². The first-order chi connectivity index (χ1) is 11.0. The Hall–Kier alpha value is -1.26. The van der Waals surface area contributed by atoms with Crippen molar-refractivity contribution in [2.24, 2.45) is 5.92 Å². The fourth-order valence-electron chi connectivity index (χ4n) is 2.30. The van der Waals surface area contributed by atoms with Gasteiger partial charge in [-0.25, -0.2) is 0 Å². The topological polar surface area (TPSA) is 46.6 Å². The SMILES string of the molecule is COc1ccc(CN(C)C(=O)C(CCCl)C(=O)CCCCl)cc1. The standard InChI is InChI=1S/C17H23Cl2NO3/c1-20(12-13-5-7-14(23-2)8-6-13)17(22)15(9-11-19)16(21)4-3-10-18/h5-8,15H,3-4,9-12H2,1-2H3. The molecule has 0 N–H and O–H groups in total. The van der Waals surface area contributed by atoms with Gasteiger partial charge in [-0.1, -0.05) is 12.1 Å². The lowest BCUT2D eigenvalue weighted by Gasteiger charge is -2.23. The highest BCUT2D eigenvalue weighted by Crippen LogP contribution is 2.17. The van der Waals surface area contributed by atoms with Gasteiger partial charge in [0, 0.05) is 31.8 Å². The summed E-state index contributed by atoms with van der Waals surface area (Å²) in [5, 5.41) is 0. The van der Waals surface area contributed by atoms with Crippen molar-refractivity contribution >= 4 is 34.9 Å². The minimum Gasteiger partial charge on any atom is -0.497 e. The van der Waals surface area contributed by atoms with E-state index in [1.807, 2.05) is 24.3 Å². The Balaban J connectivity index is 2.71. The highest BCUT2D eigenvalue weighted by molar-refractivity contribution is 6.18. The summed E-state index contributed by atoms with van der Waals surface area (Å²) in [6, 6.07) is 7.48. The largest absolute Gasteiger partial charge is 0.497 e. The van der Waals surface area contributed by atoms with E-state index in [1.54, 1.807) is 19.1 Å². The van der Waals surface area contributed by atoms with E-state index in [9.17, 15) is 9.59 Å². The molecular weight excluding hydrogens is 337 g/mol. The van der Waals surface area contributed by atoms with Gasteiger partial charge >= 0.3 is 0 Å². The number of amides is 1. The van der Waals surface area contributed by atoms with E-state index in [-0.39, 0.29) is 17.6 Å². The van der Waals surface area contributed by atoms with Crippen LogP contribution in [-0.2, 0) is 16.1 Å². The first kappa shape index (κ1) is 19.8. The second kappa shape index (κ2) is 10.5. The van der Waals surface area contributed by atoms with Crippen molar-refractivity contribution in [3.63, 3.8) is 0 Å². The number of Topliss-reactive ketones (excluding diaryl/α,β-unsaturated/α-hetero) is 1. The first-order valence-electron chi connectivity index (χ1n) is 7.56. The van der Waals surface area contributed by atoms with E-state index in [2.05, 4.69) is 0 Å². The molecule has 0 fully saturated rings. The van der Waals surface area contributed by atoms with Gasteiger partial charge in [0.1, 0.15) is 11.5 Å². The summed E-state index contributed by atoms with van der Waals surface area (Å²) in [6.45, 7) is 0.435. The minimum absolute atomic E-state index is 0.0853. The van der Waals surface area contributed by atoms with Crippen LogP contribution in [0.2, 0.25) is 0 Å². The average Bonchev–Trinajstić information content (AvgIpc) is 2.57. The smallest absolute Gasteiger partial charge is 0.233 e. The quantitative estimate of drug-likeness (QED) is 0.474. The van der Waals surface area contributed by atoms with Gasteiger partial charge in [-0.05, 0) is 30.5 Å². The van der Waals surface area contributed by atoms with Gasteiger partial charge < -0.3 is 9.64 Å². The van der Waals surface area contributed by atoms with Crippen LogP contribution < -0.4 is 4.74 Å². The molecule has 0 spiro atoms. The summed E-state index contributed by atoms with van der Waals surface area (Å²) < 4.78 is 5.11. The minimum atomic E-state index is -0.682. The monoisotopic (exact) mass is 359 g/mol. The van der Waals surface area contributed by atoms with Gasteiger partial charge in [-0.15, -0.1) is 23.2 Å². The molecule has 1 amide bonds. The molecule has 1 aromatic rings. The number of alkyl halides is 2. The number of rotatable bonds is 10. The van der Waals surface area contributed by atoms with Gasteiger partial charge in [0.05, 0.1) is 13.0 Å². The number of ether oxygens (including phenoxy) is 1. The van der Waals surface area contributed by atoms with Crippen molar-refractivity contribution in [3.05, 3.63) is 29.8 Å². The number of nitrogens with zero attached hydrogens (tertiary/aromatic N) is 1. The van der Waals surface area contributed by atoms with E-state index in [0.29, 0.717) is 31.7 Å². The molecule has 23 heavy (non-hydrogen) atoms. The summed E-state index contributed by atoms with van der Waals surface area (Å²) in [5.41, 5.74) is 0.972. The molecule has 0 aliphatic carbocycles. The lowest BCUT2D eigenvalue weighted by atomic mass is 9.96. The maximum Gasteiger partial charge on any atom is 0.233 e. The van der Waals surface area contributed by atoms with E-state index < -0.39 is 5.92 Å². The third-order valence-corrected chi connectivity index (χ3v) is 4.08. The highest BCUT2D eigenvalue weighted by atomic mass is 35.5. The van der Waals surface area contributed by atoms with E-state index in [1.165, 1.54) is 0 Å². The molecule has 6 heteroatoms. The number of hydrogen-bond acceptors (Lipinski definition) is 3. The van der Waals surface area contributed by atoms with Crippen molar-refractivity contribution in [2.75, 3.05) is 25.9 Å². The van der Waals surface area contributed by atoms with E-state index >= 15 is 0 Å². The molecule has 0 bridgehead atoms. The first-order valence-corrected chi connectivity index (χ1v) is 8.63. The molecular formula is C17H23Cl2NO3. The zero-order valence-electron chi connectivity index (χ0n) is 13.6. The molecule has 0 saturated heterocycles. The molecule has 0 radical (unpaired) electrons. The number of methoxy groups -OCH3 is 1. The summed E-state index contributed by atoms with van der Waals surface area (Å²) in [6.07, 6.45) is 1.25. The van der Waals surface area contributed by atoms with Crippen LogP contribution in [0.25, 0.3) is 0 Å². The second-order valence-corrected chi connectivity index (χ2v) is 6.09. The number of halogens is 2. The Morgan fingerprint density at radius 3 is 2.35 bits per heavy atom. The highest BCUT2D eigenvalue weighted by Gasteiger charge is 2.28. The molecule has 1 aromatic carbocycles. The zero-order valence-corrected chi connectivity index (χ0v) is 15.1. The fraction of sp³-hybridized carbons (Fsp3) is 0.529. The molecule has 0 aromatic heterocycles. The third-order valence-electron chi connectivity index (χ3n) is 3.60. The van der Waals surface area contributed by atoms with Crippen molar-refractivity contribution < 1.29 is 14.3 Å². The maximum absolute atomic E-state index is 12.6. The van der Waals surface area contributed by atoms with Crippen molar-refractivity contribution in [3.8, 4) is 5.75 Å². The van der Waals surface area contributed by atoms with Crippen molar-refractivity contribution in [1.29, 1.82) is 0 Å². The normalized spacial score (nSPS) is 11.8. The van der Waals surface area contributed by atoms with Crippen LogP contribution in [0.5, 0.6) is 5.75 Å². The van der Waals surface area contributed by atoms with E-state index in [0.717, 1.165) is 11.3 Å². The third kappa shape index (κ3) is 6.40. The molecule has 0 aliphatic heterocycles. The van der Waals surface area contributed by atoms with Gasteiger partial charge in [-0.3, -0.25) is 9.59 Å². The Bertz CT molecular complexity index is 505. The Labute approximate surface area is 147 Å².